The molecule has 0 aliphatic carbocycles. The molecule has 2 atom stereocenters. The van der Waals surface area contributed by atoms with Crippen molar-refractivity contribution in [3.05, 3.63) is 489 Å². The van der Waals surface area contributed by atoms with Crippen LogP contribution in [0.5, 0.6) is 23.0 Å². The van der Waals surface area contributed by atoms with Gasteiger partial charge >= 0.3 is 42.6 Å². The molecule has 0 radical (unpaired) electrons. The Morgan fingerprint density at radius 3 is 0.858 bits per heavy atom. The van der Waals surface area contributed by atoms with Gasteiger partial charge in [0.1, 0.15) is 23.0 Å². The molecule has 4 aliphatic heterocycles. The van der Waals surface area contributed by atoms with Crippen LogP contribution in [0.1, 0.15) is 149 Å². The number of unbranched alkanes of at least 4 members (excludes halogenated alkanes) is 2. The van der Waals surface area contributed by atoms with E-state index in [9.17, 15) is 9.59 Å². The second-order valence-corrected chi connectivity index (χ2v) is 41.0. The molecule has 134 heavy (non-hydrogen) atoms. The summed E-state index contributed by atoms with van der Waals surface area (Å²) in [6.07, 6.45) is 6.45. The average molecular weight is 2110 g/mol. The largest absolute Gasteiger partial charge is 0.199 e. The number of esters is 2. The van der Waals surface area contributed by atoms with E-state index in [0.29, 0.717) is 22.6 Å². The zero-order valence-electron chi connectivity index (χ0n) is 77.0. The van der Waals surface area contributed by atoms with Crippen LogP contribution in [0.2, 0.25) is 0 Å². The van der Waals surface area contributed by atoms with Crippen LogP contribution in [-0.4, -0.2) is 38.1 Å². The molecule has 4 heterocycles. The maximum Gasteiger partial charge on any atom is -0.0134 e. The molecule has 2 spiro atoms. The van der Waals surface area contributed by atoms with E-state index in [2.05, 4.69) is 431 Å². The number of hydrogen-bond acceptors (Lipinski definition) is 8. The van der Waals surface area contributed by atoms with E-state index < -0.39 is 35.0 Å². The van der Waals surface area contributed by atoms with Gasteiger partial charge in [0.05, 0.1) is 16.8 Å². The van der Waals surface area contributed by atoms with Gasteiger partial charge in [-0.1, -0.05) is 358 Å². The van der Waals surface area contributed by atoms with Crippen molar-refractivity contribution in [1.29, 1.82) is 0 Å². The molecule has 4 aliphatic rings. The van der Waals surface area contributed by atoms with E-state index in [1.54, 1.807) is 0 Å². The Bertz CT molecular complexity index is 5940. The van der Waals surface area contributed by atoms with Crippen LogP contribution in [0.4, 0.5) is 11.4 Å². The molecule has 16 aromatic rings. The number of ether oxygens (including phenoxy) is 4. The fourth-order valence-corrected chi connectivity index (χ4v) is 25.5. The third-order valence-electron chi connectivity index (χ3n) is 24.2. The summed E-state index contributed by atoms with van der Waals surface area (Å²) in [5.74, 6) is 2.36. The van der Waals surface area contributed by atoms with Crippen LogP contribution in [0, 0.1) is 20.8 Å². The van der Waals surface area contributed by atoms with Gasteiger partial charge in [-0.2, -0.15) is 24.6 Å². The molecular formula is C119H112Br3N2O6P3Pd. The van der Waals surface area contributed by atoms with Crippen LogP contribution in [0.3, 0.4) is 0 Å². The van der Waals surface area contributed by atoms with E-state index in [1.807, 2.05) is 104 Å². The number of anilines is 2. The number of aryl methyl sites for hydroxylation is 4. The van der Waals surface area contributed by atoms with Crippen molar-refractivity contribution in [1.82, 2.24) is 0 Å². The Labute approximate surface area is 831 Å². The standard InChI is InChI=1S/C33H39NO3.C25H21Br2NO3.3C18H15P.C7H7.BrH.Pd/c1-6-10-14-23-19-27-30(18-22(23)5)36-31-21-29(34(8-3)9-4)24(15-11-7-2)20-28(31)33(27)26-17-13-12-16-25(26)32(35)37-33;1-4-28(5-2)21-13-23-18(12-20(21)27)25(16-9-7-6-8-15(16)24(29)31-25)17-11-19(26)14(3)10-22(17)30-23;3*1-4-10-16(11-5-1)19(17-12-6-2-7-13-17)18-14-8-3-9-15-18;1-7-5-3-2-4-6-7;;/h12-13,16-21H,6-11,14-15H2,1-5H3;6-13H,4-5H2,1-3H3;3*1-15H;2-6H,1H2;1H;/q;;;;;-1;;+2/p-1. The Morgan fingerprint density at radius 2 is 0.552 bits per heavy atom. The number of carbonyl (C=O) groups excluding carboxylic acids is 2. The number of nitrogens with zero attached hydrogens (tertiary/aromatic N) is 2. The van der Waals surface area contributed by atoms with Gasteiger partial charge in [0.15, 0.2) is 11.2 Å². The maximum atomic E-state index is 13.3. The van der Waals surface area contributed by atoms with Gasteiger partial charge in [0.25, 0.3) is 0 Å². The molecule has 0 saturated carbocycles. The third-order valence-corrected chi connectivity index (χ3v) is 33.0. The van der Waals surface area contributed by atoms with Gasteiger partial charge in [-0.3, -0.25) is 0 Å². The van der Waals surface area contributed by atoms with Crippen molar-refractivity contribution in [2.75, 3.05) is 36.0 Å². The van der Waals surface area contributed by atoms with E-state index in [0.717, 1.165) is 135 Å². The summed E-state index contributed by atoms with van der Waals surface area (Å²) in [6.45, 7) is 24.6. The zero-order valence-corrected chi connectivity index (χ0v) is 86.0. The molecule has 2 unspecified atom stereocenters. The number of rotatable bonds is 21. The van der Waals surface area contributed by atoms with E-state index in [4.69, 9.17) is 18.9 Å². The maximum absolute atomic E-state index is 13.3. The molecule has 8 nitrogen and oxygen atoms in total. The van der Waals surface area contributed by atoms with E-state index in [-0.39, 0.29) is 11.9 Å². The smallest absolute Gasteiger partial charge is 0.0134 e. The minimum Gasteiger partial charge on any atom is -0.199 e. The molecule has 15 heteroatoms. The Morgan fingerprint density at radius 1 is 0.299 bits per heavy atom. The zero-order chi connectivity index (χ0) is 93.9. The second-order valence-electron chi connectivity index (χ2n) is 32.6. The fourth-order valence-electron chi connectivity index (χ4n) is 17.6. The van der Waals surface area contributed by atoms with Crippen molar-refractivity contribution >= 4 is 140 Å². The van der Waals surface area contributed by atoms with Crippen LogP contribution in [-0.2, 0) is 50.7 Å². The SMILES string of the molecule is CCCCc1cc2c(cc1C)Oc1cc(N(CC)CC)c(CCCC)cc1C21OC(=O)c2ccccc21.CCN(CC)c1cc2c(cc1Br)C1(OC(=O)c3ccccc31)c1cc(Br)c(C)cc1O2.[Br][Pd+].[CH2-]c1ccccc1.c1ccc(P(c2ccccc2)c2ccccc2)cc1.c1ccc(P(c2ccccc2)c2ccccc2)cc1.c1ccc(P(c2ccccc2)c2ccccc2)cc1. The molecule has 0 amide bonds. The monoisotopic (exact) mass is 2100 g/mol. The van der Waals surface area contributed by atoms with Crippen LogP contribution >= 0.6 is 69.1 Å². The summed E-state index contributed by atoms with van der Waals surface area (Å²) in [4.78, 5) is 31.0. The first-order valence-electron chi connectivity index (χ1n) is 45.9. The number of halogens is 3. The summed E-state index contributed by atoms with van der Waals surface area (Å²) in [7, 11) is -1.34. The number of hydrogen-bond donors (Lipinski definition) is 0. The minimum atomic E-state index is -1.06. The first-order chi connectivity index (χ1) is 65.6. The van der Waals surface area contributed by atoms with E-state index in [1.165, 1.54) is 70.1 Å². The van der Waals surface area contributed by atoms with Crippen molar-refractivity contribution < 1.29 is 45.7 Å². The van der Waals surface area contributed by atoms with E-state index >= 15 is 0 Å². The molecule has 0 bridgehead atoms. The first kappa shape index (κ1) is 98.9. The van der Waals surface area contributed by atoms with Gasteiger partial charge in [-0.25, -0.2) is 9.59 Å². The van der Waals surface area contributed by atoms with Gasteiger partial charge < -0.3 is 28.7 Å². The second kappa shape index (κ2) is 48.4. The first-order valence-corrected chi connectivity index (χ1v) is 55.1. The third kappa shape index (κ3) is 22.7. The van der Waals surface area contributed by atoms with Crippen LogP contribution < -0.4 is 67.0 Å². The number of carbonyl (C=O) groups is 2. The summed E-state index contributed by atoms with van der Waals surface area (Å²) in [5.41, 5.74) is 12.6. The van der Waals surface area contributed by atoms with Crippen molar-refractivity contribution in [3.63, 3.8) is 0 Å². The number of benzene rings is 16. The van der Waals surface area contributed by atoms with Gasteiger partial charge in [0, 0.05) is 86.3 Å². The van der Waals surface area contributed by atoms with Gasteiger partial charge in [-0.05, 0) is 225 Å². The van der Waals surface area contributed by atoms with Gasteiger partial charge in [-0.15, -0.1) is 12.1 Å². The molecule has 0 fully saturated rings. The van der Waals surface area contributed by atoms with Crippen molar-refractivity contribution in [2.45, 2.75) is 105 Å². The number of fused-ring (bicyclic) bond motifs is 12. The van der Waals surface area contributed by atoms with Crippen LogP contribution in [0.25, 0.3) is 0 Å². The predicted octanol–water partition coefficient (Wildman–Crippen LogP) is 28.1. The summed E-state index contributed by atoms with van der Waals surface area (Å²) in [5, 5.41) is 12.6. The molecule has 16 aromatic carbocycles. The average Bonchev–Trinajstić information content (AvgIpc) is 1.51. The quantitative estimate of drug-likeness (QED) is 0.0305. The van der Waals surface area contributed by atoms with Crippen molar-refractivity contribution in [2.24, 2.45) is 0 Å². The van der Waals surface area contributed by atoms with Gasteiger partial charge in [0.2, 0.25) is 0 Å². The fraction of sp³-hybridized carbons (Fsp3) is 0.168. The molecule has 20 rings (SSSR count). The topological polar surface area (TPSA) is 77.5 Å². The molecular weight excluding hydrogens is 1990 g/mol. The molecule has 680 valence electrons. The Kier molecular flexibility index (Phi) is 35.7. The summed E-state index contributed by atoms with van der Waals surface area (Å²) < 4.78 is 27.7. The summed E-state index contributed by atoms with van der Waals surface area (Å²) in [6, 6.07) is 139. The van der Waals surface area contributed by atoms with Crippen LogP contribution in [0.15, 0.2) is 409 Å². The van der Waals surface area contributed by atoms with Crippen molar-refractivity contribution in [3.8, 4) is 23.0 Å². The molecule has 0 saturated heterocycles. The predicted molar refractivity (Wildman–Crippen MR) is 574 cm³/mol. The molecule has 0 N–H and O–H groups in total. The molecule has 0 aromatic heterocycles. The normalized spacial score (nSPS) is 13.9. The Hall–Kier alpha value is -11.1. The Balaban J connectivity index is 0.000000135. The minimum absolute atomic E-state index is 0.270. The summed E-state index contributed by atoms with van der Waals surface area (Å²) >= 11 is 12.8.